The van der Waals surface area contributed by atoms with Crippen LogP contribution < -0.4 is 16.0 Å². The molecule has 0 aromatic carbocycles. The Morgan fingerprint density at radius 2 is 2.40 bits per heavy atom. The number of ether oxygens (including phenoxy) is 1. The lowest BCUT2D eigenvalue weighted by Gasteiger charge is -2.11. The minimum absolute atomic E-state index is 0.0299. The summed E-state index contributed by atoms with van der Waals surface area (Å²) in [5.74, 6) is 1.00. The Balaban J connectivity index is 2.14. The number of nitrogens with two attached hydrogens (primary N) is 1. The Labute approximate surface area is 87.8 Å². The van der Waals surface area contributed by atoms with Crippen molar-refractivity contribution in [2.24, 2.45) is 11.7 Å². The van der Waals surface area contributed by atoms with Gasteiger partial charge in [-0.05, 0) is 18.8 Å². The van der Waals surface area contributed by atoms with Crippen molar-refractivity contribution in [1.29, 1.82) is 0 Å². The average molecular weight is 209 g/mol. The molecule has 0 saturated heterocycles. The van der Waals surface area contributed by atoms with Gasteiger partial charge in [0, 0.05) is 18.2 Å². The summed E-state index contributed by atoms with van der Waals surface area (Å²) >= 11 is 0. The van der Waals surface area contributed by atoms with E-state index in [0.717, 1.165) is 0 Å². The maximum absolute atomic E-state index is 11.5. The van der Waals surface area contributed by atoms with E-state index in [0.29, 0.717) is 18.3 Å². The fourth-order valence-electron chi connectivity index (χ4n) is 1.54. The molecule has 0 bridgehead atoms. The Bertz CT molecular complexity index is 398. The Kier molecular flexibility index (Phi) is 2.73. The summed E-state index contributed by atoms with van der Waals surface area (Å²) in [6, 6.07) is 3.04. The van der Waals surface area contributed by atoms with Crippen LogP contribution in [0.5, 0.6) is 5.88 Å². The molecule has 82 valence electrons. The first kappa shape index (κ1) is 10.2. The molecule has 2 rings (SSSR count). The van der Waals surface area contributed by atoms with E-state index in [1.807, 2.05) is 0 Å². The predicted octanol–water partition coefficient (Wildman–Crippen LogP) is -0.0108. The molecule has 0 amide bonds. The summed E-state index contributed by atoms with van der Waals surface area (Å²) in [4.78, 5) is 11.5. The molecule has 0 spiro atoms. The Hall–Kier alpha value is -1.36. The van der Waals surface area contributed by atoms with E-state index in [1.165, 1.54) is 30.7 Å². The van der Waals surface area contributed by atoms with Crippen LogP contribution in [0.1, 0.15) is 12.8 Å². The van der Waals surface area contributed by atoms with E-state index >= 15 is 0 Å². The van der Waals surface area contributed by atoms with Crippen LogP contribution in [0.3, 0.4) is 0 Å². The van der Waals surface area contributed by atoms with Gasteiger partial charge in [-0.1, -0.05) is 0 Å². The SMILES string of the molecule is COc1ccc(=O)n(CC(N)C2CC2)n1. The van der Waals surface area contributed by atoms with Crippen LogP contribution >= 0.6 is 0 Å². The van der Waals surface area contributed by atoms with Gasteiger partial charge < -0.3 is 10.5 Å². The zero-order valence-corrected chi connectivity index (χ0v) is 8.72. The summed E-state index contributed by atoms with van der Waals surface area (Å²) in [7, 11) is 1.53. The largest absolute Gasteiger partial charge is 0.480 e. The number of hydrogen-bond donors (Lipinski definition) is 1. The Morgan fingerprint density at radius 1 is 1.67 bits per heavy atom. The maximum Gasteiger partial charge on any atom is 0.267 e. The van der Waals surface area contributed by atoms with Crippen LogP contribution in [0.15, 0.2) is 16.9 Å². The number of hydrogen-bond acceptors (Lipinski definition) is 4. The predicted molar refractivity (Wildman–Crippen MR) is 55.7 cm³/mol. The molecule has 5 heteroatoms. The summed E-state index contributed by atoms with van der Waals surface area (Å²) in [5.41, 5.74) is 5.80. The second-order valence-corrected chi connectivity index (χ2v) is 3.90. The van der Waals surface area contributed by atoms with Crippen LogP contribution in [0.25, 0.3) is 0 Å². The third kappa shape index (κ3) is 2.36. The first-order valence-corrected chi connectivity index (χ1v) is 5.08. The molecular weight excluding hydrogens is 194 g/mol. The van der Waals surface area contributed by atoms with E-state index in [9.17, 15) is 4.79 Å². The average Bonchev–Trinajstić information content (AvgIpc) is 3.04. The van der Waals surface area contributed by atoms with E-state index in [1.54, 1.807) is 6.07 Å². The van der Waals surface area contributed by atoms with Crippen LogP contribution in [0.4, 0.5) is 0 Å². The number of aromatic nitrogens is 2. The van der Waals surface area contributed by atoms with E-state index < -0.39 is 0 Å². The highest BCUT2D eigenvalue weighted by molar-refractivity contribution is 5.06. The minimum atomic E-state index is -0.132. The second kappa shape index (κ2) is 4.02. The number of nitrogens with zero attached hydrogens (tertiary/aromatic N) is 2. The molecule has 15 heavy (non-hydrogen) atoms. The molecule has 1 aromatic heterocycles. The zero-order valence-electron chi connectivity index (χ0n) is 8.72. The quantitative estimate of drug-likeness (QED) is 0.757. The third-order valence-electron chi connectivity index (χ3n) is 2.66. The molecule has 5 nitrogen and oxygen atoms in total. The van der Waals surface area contributed by atoms with Gasteiger partial charge in [0.1, 0.15) is 0 Å². The van der Waals surface area contributed by atoms with E-state index in [2.05, 4.69) is 5.10 Å². The number of methoxy groups -OCH3 is 1. The van der Waals surface area contributed by atoms with Gasteiger partial charge in [0.05, 0.1) is 13.7 Å². The molecule has 1 aliphatic carbocycles. The van der Waals surface area contributed by atoms with Crippen LogP contribution in [0, 0.1) is 5.92 Å². The molecule has 1 fully saturated rings. The van der Waals surface area contributed by atoms with E-state index in [-0.39, 0.29) is 11.6 Å². The minimum Gasteiger partial charge on any atom is -0.480 e. The normalized spacial score (nSPS) is 17.5. The van der Waals surface area contributed by atoms with E-state index in [4.69, 9.17) is 10.5 Å². The first-order chi connectivity index (χ1) is 7.20. The van der Waals surface area contributed by atoms with Crippen LogP contribution in [-0.4, -0.2) is 22.9 Å². The van der Waals surface area contributed by atoms with Gasteiger partial charge >= 0.3 is 0 Å². The molecule has 1 saturated carbocycles. The van der Waals surface area contributed by atoms with Crippen molar-refractivity contribution in [1.82, 2.24) is 9.78 Å². The maximum atomic E-state index is 11.5. The lowest BCUT2D eigenvalue weighted by molar-refractivity contribution is 0.365. The highest BCUT2D eigenvalue weighted by atomic mass is 16.5. The van der Waals surface area contributed by atoms with Gasteiger partial charge in [-0.2, -0.15) is 0 Å². The summed E-state index contributed by atoms with van der Waals surface area (Å²) < 4.78 is 6.33. The van der Waals surface area contributed by atoms with Gasteiger partial charge in [0.15, 0.2) is 0 Å². The van der Waals surface area contributed by atoms with Crippen molar-refractivity contribution >= 4 is 0 Å². The second-order valence-electron chi connectivity index (χ2n) is 3.90. The van der Waals surface area contributed by atoms with Crippen molar-refractivity contribution in [3.63, 3.8) is 0 Å². The first-order valence-electron chi connectivity index (χ1n) is 5.08. The van der Waals surface area contributed by atoms with Gasteiger partial charge in [-0.25, -0.2) is 4.68 Å². The summed E-state index contributed by atoms with van der Waals surface area (Å²) in [6.07, 6.45) is 2.33. The van der Waals surface area contributed by atoms with Crippen molar-refractivity contribution in [3.05, 3.63) is 22.5 Å². The fourth-order valence-corrected chi connectivity index (χ4v) is 1.54. The zero-order chi connectivity index (χ0) is 10.8. The number of rotatable bonds is 4. The highest BCUT2D eigenvalue weighted by Gasteiger charge is 2.28. The van der Waals surface area contributed by atoms with Crippen molar-refractivity contribution in [2.45, 2.75) is 25.4 Å². The third-order valence-corrected chi connectivity index (χ3v) is 2.66. The molecule has 1 heterocycles. The molecule has 1 atom stereocenters. The topological polar surface area (TPSA) is 70.1 Å². The lowest BCUT2D eigenvalue weighted by Crippen LogP contribution is -2.34. The highest BCUT2D eigenvalue weighted by Crippen LogP contribution is 2.31. The summed E-state index contributed by atoms with van der Waals surface area (Å²) in [6.45, 7) is 0.473. The van der Waals surface area contributed by atoms with Crippen LogP contribution in [-0.2, 0) is 6.54 Å². The summed E-state index contributed by atoms with van der Waals surface area (Å²) in [5, 5.41) is 4.04. The molecule has 1 aromatic rings. The van der Waals surface area contributed by atoms with Crippen LogP contribution in [0.2, 0.25) is 0 Å². The van der Waals surface area contributed by atoms with Gasteiger partial charge in [-0.15, -0.1) is 5.10 Å². The lowest BCUT2D eigenvalue weighted by atomic mass is 10.2. The van der Waals surface area contributed by atoms with Gasteiger partial charge in [0.2, 0.25) is 5.88 Å². The van der Waals surface area contributed by atoms with Crippen molar-refractivity contribution < 1.29 is 4.74 Å². The molecule has 0 radical (unpaired) electrons. The monoisotopic (exact) mass is 209 g/mol. The van der Waals surface area contributed by atoms with Crippen molar-refractivity contribution in [3.8, 4) is 5.88 Å². The smallest absolute Gasteiger partial charge is 0.267 e. The standard InChI is InChI=1S/C10H15N3O2/c1-15-9-4-5-10(14)13(12-9)6-8(11)7-2-3-7/h4-5,7-8H,2-3,6,11H2,1H3. The van der Waals surface area contributed by atoms with Gasteiger partial charge in [-0.3, -0.25) is 4.79 Å². The Morgan fingerprint density at radius 3 is 3.00 bits per heavy atom. The molecule has 0 aliphatic heterocycles. The molecular formula is C10H15N3O2. The van der Waals surface area contributed by atoms with Gasteiger partial charge in [0.25, 0.3) is 5.56 Å². The molecule has 1 unspecified atom stereocenters. The fraction of sp³-hybridized carbons (Fsp3) is 0.600. The van der Waals surface area contributed by atoms with Crippen molar-refractivity contribution in [2.75, 3.05) is 7.11 Å². The molecule has 2 N–H and O–H groups in total. The molecule has 1 aliphatic rings.